The van der Waals surface area contributed by atoms with Gasteiger partial charge in [0.1, 0.15) is 5.75 Å². The number of rotatable bonds is 7. The van der Waals surface area contributed by atoms with Crippen molar-refractivity contribution in [2.45, 2.75) is 10.9 Å². The van der Waals surface area contributed by atoms with E-state index in [9.17, 15) is 0 Å². The minimum atomic E-state index is 0.375. The molecule has 3 aromatic rings. The molecule has 7 nitrogen and oxygen atoms in total. The summed E-state index contributed by atoms with van der Waals surface area (Å²) < 4.78 is 6.50. The molecule has 0 fully saturated rings. The molecule has 0 amide bonds. The van der Waals surface area contributed by atoms with Crippen LogP contribution in [-0.4, -0.2) is 28.2 Å². The average Bonchev–Trinajstić information content (AvgIpc) is 3.01. The van der Waals surface area contributed by atoms with Crippen LogP contribution in [0, 0.1) is 0 Å². The topological polar surface area (TPSA) is 90.3 Å². The number of benzene rings is 2. The van der Waals surface area contributed by atoms with Gasteiger partial charge in [0.05, 0.1) is 13.3 Å². The van der Waals surface area contributed by atoms with Crippen LogP contribution in [0.4, 0.5) is 5.95 Å². The van der Waals surface area contributed by atoms with Crippen molar-refractivity contribution in [2.75, 3.05) is 18.4 Å². The lowest BCUT2D eigenvalue weighted by Crippen LogP contribution is -2.13. The van der Waals surface area contributed by atoms with Crippen molar-refractivity contribution in [1.29, 1.82) is 0 Å². The van der Waals surface area contributed by atoms with Gasteiger partial charge in [-0.3, -0.25) is 0 Å². The van der Waals surface area contributed by atoms with Crippen LogP contribution >= 0.6 is 11.8 Å². The van der Waals surface area contributed by atoms with Gasteiger partial charge in [-0.2, -0.15) is 5.10 Å². The van der Waals surface area contributed by atoms with Gasteiger partial charge in [0.2, 0.25) is 5.16 Å². The zero-order valence-electron chi connectivity index (χ0n) is 13.7. The average molecular weight is 354 g/mol. The molecule has 0 aliphatic carbocycles. The first-order chi connectivity index (χ1) is 12.3. The van der Waals surface area contributed by atoms with Crippen molar-refractivity contribution in [2.24, 2.45) is 5.10 Å². The molecular formula is C17H18N6OS. The Labute approximate surface area is 149 Å². The molecule has 3 rings (SSSR count). The second-order valence-corrected chi connectivity index (χ2v) is 6.04. The summed E-state index contributed by atoms with van der Waals surface area (Å²) in [6, 6.07) is 17.6. The number of nitrogens with two attached hydrogens (primary N) is 1. The van der Waals surface area contributed by atoms with E-state index in [-0.39, 0.29) is 0 Å². The van der Waals surface area contributed by atoms with E-state index < -0.39 is 0 Å². The summed E-state index contributed by atoms with van der Waals surface area (Å²) in [6.07, 6.45) is 1.67. The van der Waals surface area contributed by atoms with Crippen molar-refractivity contribution >= 4 is 23.9 Å². The Hall–Kier alpha value is -3.00. The third-order valence-electron chi connectivity index (χ3n) is 3.37. The second-order valence-electron chi connectivity index (χ2n) is 5.09. The Morgan fingerprint density at radius 3 is 2.64 bits per heavy atom. The number of ether oxygens (including phenoxy) is 1. The number of nitrogens with zero attached hydrogens (tertiary/aromatic N) is 4. The van der Waals surface area contributed by atoms with Gasteiger partial charge in [-0.05, 0) is 35.4 Å². The summed E-state index contributed by atoms with van der Waals surface area (Å²) in [4.78, 5) is 0. The molecule has 0 radical (unpaired) electrons. The van der Waals surface area contributed by atoms with E-state index in [1.807, 2.05) is 42.5 Å². The molecule has 0 saturated heterocycles. The summed E-state index contributed by atoms with van der Waals surface area (Å²) in [6.45, 7) is 0. The van der Waals surface area contributed by atoms with Crippen LogP contribution in [-0.2, 0) is 5.75 Å². The van der Waals surface area contributed by atoms with Gasteiger partial charge < -0.3 is 10.6 Å². The van der Waals surface area contributed by atoms with Crippen LogP contribution in [0.5, 0.6) is 5.75 Å². The zero-order valence-corrected chi connectivity index (χ0v) is 14.5. The predicted molar refractivity (Wildman–Crippen MR) is 100 cm³/mol. The van der Waals surface area contributed by atoms with Gasteiger partial charge in [0.15, 0.2) is 0 Å². The Bertz CT molecular complexity index is 832. The lowest BCUT2D eigenvalue weighted by Gasteiger charge is -2.03. The third kappa shape index (κ3) is 4.51. The van der Waals surface area contributed by atoms with Crippen molar-refractivity contribution in [3.63, 3.8) is 0 Å². The second kappa shape index (κ2) is 8.20. The number of nitrogen functional groups attached to an aromatic ring is 1. The number of hydrogen-bond donors (Lipinski definition) is 2. The highest BCUT2D eigenvalue weighted by Gasteiger charge is 2.09. The highest BCUT2D eigenvalue weighted by atomic mass is 32.2. The largest absolute Gasteiger partial charge is 0.497 e. The molecule has 8 heteroatoms. The minimum absolute atomic E-state index is 0.375. The first-order valence-corrected chi connectivity index (χ1v) is 8.55. The van der Waals surface area contributed by atoms with Gasteiger partial charge in [0.25, 0.3) is 5.95 Å². The van der Waals surface area contributed by atoms with E-state index in [2.05, 4.69) is 32.9 Å². The maximum absolute atomic E-state index is 6.00. The molecule has 3 N–H and O–H groups in total. The number of aromatic nitrogens is 3. The summed E-state index contributed by atoms with van der Waals surface area (Å²) in [5, 5.41) is 12.8. The van der Waals surface area contributed by atoms with Gasteiger partial charge in [-0.25, -0.2) is 10.1 Å². The van der Waals surface area contributed by atoms with Crippen molar-refractivity contribution in [3.05, 3.63) is 65.7 Å². The lowest BCUT2D eigenvalue weighted by molar-refractivity contribution is 0.415. The minimum Gasteiger partial charge on any atom is -0.497 e. The van der Waals surface area contributed by atoms with E-state index in [1.54, 1.807) is 13.3 Å². The smallest absolute Gasteiger partial charge is 0.264 e. The summed E-state index contributed by atoms with van der Waals surface area (Å²) in [5.41, 5.74) is 4.92. The van der Waals surface area contributed by atoms with Gasteiger partial charge in [-0.1, -0.05) is 42.1 Å². The number of thioether (sulfide) groups is 1. The molecule has 0 atom stereocenters. The Morgan fingerprint density at radius 1 is 1.16 bits per heavy atom. The number of hydrazone groups is 1. The van der Waals surface area contributed by atoms with Gasteiger partial charge in [0, 0.05) is 5.75 Å². The van der Waals surface area contributed by atoms with Crippen molar-refractivity contribution in [1.82, 2.24) is 14.9 Å². The first-order valence-electron chi connectivity index (χ1n) is 7.56. The summed E-state index contributed by atoms with van der Waals surface area (Å²) in [5.74, 6) is 7.95. The van der Waals surface area contributed by atoms with Gasteiger partial charge >= 0.3 is 0 Å². The maximum atomic E-state index is 6.00. The molecule has 0 unspecified atom stereocenters. The predicted octanol–water partition coefficient (Wildman–Crippen LogP) is 2.74. The quantitative estimate of drug-likeness (QED) is 0.293. The molecule has 128 valence electrons. The molecule has 0 bridgehead atoms. The fourth-order valence-corrected chi connectivity index (χ4v) is 2.84. The monoisotopic (exact) mass is 354 g/mol. The van der Waals surface area contributed by atoms with E-state index in [0.29, 0.717) is 11.1 Å². The van der Waals surface area contributed by atoms with Crippen LogP contribution < -0.4 is 16.0 Å². The zero-order chi connectivity index (χ0) is 17.5. The molecule has 2 aromatic carbocycles. The van der Waals surface area contributed by atoms with Crippen LogP contribution in [0.2, 0.25) is 0 Å². The SMILES string of the molecule is COc1ccc(/C=N/Nc2nnc(SCc3ccccc3)n2N)cc1. The number of anilines is 1. The van der Waals surface area contributed by atoms with Crippen LogP contribution in [0.15, 0.2) is 64.9 Å². The maximum Gasteiger partial charge on any atom is 0.264 e. The first kappa shape index (κ1) is 16.8. The van der Waals surface area contributed by atoms with E-state index in [4.69, 9.17) is 10.6 Å². The van der Waals surface area contributed by atoms with E-state index in [0.717, 1.165) is 17.1 Å². The number of hydrogen-bond acceptors (Lipinski definition) is 7. The Kier molecular flexibility index (Phi) is 5.53. The van der Waals surface area contributed by atoms with Crippen molar-refractivity contribution < 1.29 is 4.74 Å². The standard InChI is InChI=1S/C17H18N6OS/c1-24-15-9-7-13(8-10-15)11-19-20-16-21-22-17(23(16)18)25-12-14-5-3-2-4-6-14/h2-11H,12,18H2,1H3,(H,20,21)/b19-11+. The van der Waals surface area contributed by atoms with E-state index in [1.165, 1.54) is 22.0 Å². The molecule has 0 spiro atoms. The summed E-state index contributed by atoms with van der Waals surface area (Å²) >= 11 is 1.51. The Morgan fingerprint density at radius 2 is 1.92 bits per heavy atom. The molecule has 1 heterocycles. The fraction of sp³-hybridized carbons (Fsp3) is 0.118. The van der Waals surface area contributed by atoms with Crippen LogP contribution in [0.3, 0.4) is 0 Å². The highest BCUT2D eigenvalue weighted by molar-refractivity contribution is 7.98. The molecule has 25 heavy (non-hydrogen) atoms. The third-order valence-corrected chi connectivity index (χ3v) is 4.38. The Balaban J connectivity index is 1.58. The molecular weight excluding hydrogens is 336 g/mol. The van der Waals surface area contributed by atoms with Crippen molar-refractivity contribution in [3.8, 4) is 5.75 Å². The number of nitrogens with one attached hydrogen (secondary N) is 1. The number of methoxy groups -OCH3 is 1. The fourth-order valence-electron chi connectivity index (χ4n) is 2.03. The van der Waals surface area contributed by atoms with Crippen LogP contribution in [0.25, 0.3) is 0 Å². The van der Waals surface area contributed by atoms with E-state index >= 15 is 0 Å². The molecule has 0 aliphatic rings. The van der Waals surface area contributed by atoms with Gasteiger partial charge in [-0.15, -0.1) is 10.2 Å². The highest BCUT2D eigenvalue weighted by Crippen LogP contribution is 2.21. The van der Waals surface area contributed by atoms with Crippen LogP contribution in [0.1, 0.15) is 11.1 Å². The summed E-state index contributed by atoms with van der Waals surface area (Å²) in [7, 11) is 1.63. The molecule has 0 saturated carbocycles. The normalized spacial score (nSPS) is 10.9. The lowest BCUT2D eigenvalue weighted by atomic mass is 10.2. The molecule has 1 aromatic heterocycles. The molecule has 0 aliphatic heterocycles.